The Hall–Kier alpha value is -1.66. The van der Waals surface area contributed by atoms with Gasteiger partial charge in [-0.2, -0.15) is 9.97 Å². The van der Waals surface area contributed by atoms with E-state index in [1.165, 1.54) is 7.11 Å². The highest BCUT2D eigenvalue weighted by atomic mass is 19.3. The van der Waals surface area contributed by atoms with E-state index in [0.29, 0.717) is 12.1 Å². The zero-order chi connectivity index (χ0) is 12.6. The minimum Gasteiger partial charge on any atom is -0.467 e. The Morgan fingerprint density at radius 1 is 1.35 bits per heavy atom. The minimum absolute atomic E-state index is 0.0573. The van der Waals surface area contributed by atoms with Crippen molar-refractivity contribution in [2.45, 2.75) is 31.1 Å². The average Bonchev–Trinajstić information content (AvgIpc) is 2.62. The molecule has 1 fully saturated rings. The summed E-state index contributed by atoms with van der Waals surface area (Å²) >= 11 is 0. The van der Waals surface area contributed by atoms with Crippen LogP contribution in [0.4, 0.5) is 20.3 Å². The SMILES string of the molecule is COc1nc(N)c(N)c(C2CCC(F)(F)C2)n1. The number of rotatable bonds is 2. The number of hydrogen-bond acceptors (Lipinski definition) is 5. The van der Waals surface area contributed by atoms with Gasteiger partial charge in [0.15, 0.2) is 5.82 Å². The molecule has 1 aliphatic rings. The third kappa shape index (κ3) is 2.22. The van der Waals surface area contributed by atoms with Crippen molar-refractivity contribution in [2.24, 2.45) is 0 Å². The largest absolute Gasteiger partial charge is 0.467 e. The summed E-state index contributed by atoms with van der Waals surface area (Å²) in [5, 5.41) is 0. The Balaban J connectivity index is 2.35. The van der Waals surface area contributed by atoms with Gasteiger partial charge < -0.3 is 16.2 Å². The van der Waals surface area contributed by atoms with Crippen molar-refractivity contribution < 1.29 is 13.5 Å². The fourth-order valence-corrected chi connectivity index (χ4v) is 2.07. The van der Waals surface area contributed by atoms with Crippen LogP contribution < -0.4 is 16.2 Å². The molecule has 1 aromatic rings. The first kappa shape index (κ1) is 11.8. The molecule has 0 radical (unpaired) electrons. The Bertz CT molecular complexity index is 439. The van der Waals surface area contributed by atoms with E-state index in [1.54, 1.807) is 0 Å². The molecule has 94 valence electrons. The zero-order valence-corrected chi connectivity index (χ0v) is 9.41. The van der Waals surface area contributed by atoms with Crippen molar-refractivity contribution in [1.29, 1.82) is 0 Å². The van der Waals surface area contributed by atoms with Gasteiger partial charge in [0.05, 0.1) is 18.5 Å². The molecule has 1 aliphatic carbocycles. The molecule has 4 N–H and O–H groups in total. The standard InChI is InChI=1S/C10H14F2N4O/c1-17-9-15-7(6(13)8(14)16-9)5-2-3-10(11,12)4-5/h5H,2-4,13H2,1H3,(H2,14,15,16). The van der Waals surface area contributed by atoms with Gasteiger partial charge in [-0.05, 0) is 6.42 Å². The van der Waals surface area contributed by atoms with Crippen LogP contribution in [0.1, 0.15) is 30.9 Å². The number of halogens is 2. The van der Waals surface area contributed by atoms with E-state index < -0.39 is 5.92 Å². The maximum atomic E-state index is 13.1. The van der Waals surface area contributed by atoms with Gasteiger partial charge in [-0.15, -0.1) is 0 Å². The molecule has 2 rings (SSSR count). The van der Waals surface area contributed by atoms with Crippen molar-refractivity contribution in [3.05, 3.63) is 5.69 Å². The van der Waals surface area contributed by atoms with Crippen LogP contribution in [0.2, 0.25) is 0 Å². The van der Waals surface area contributed by atoms with E-state index in [1.807, 2.05) is 0 Å². The summed E-state index contributed by atoms with van der Waals surface area (Å²) in [6.45, 7) is 0. The van der Waals surface area contributed by atoms with Gasteiger partial charge in [-0.3, -0.25) is 0 Å². The van der Waals surface area contributed by atoms with Gasteiger partial charge in [0.2, 0.25) is 5.92 Å². The van der Waals surface area contributed by atoms with Crippen molar-refractivity contribution >= 4 is 11.5 Å². The maximum absolute atomic E-state index is 13.1. The predicted molar refractivity (Wildman–Crippen MR) is 58.9 cm³/mol. The lowest BCUT2D eigenvalue weighted by Crippen LogP contribution is -2.12. The van der Waals surface area contributed by atoms with E-state index in [2.05, 4.69) is 9.97 Å². The molecular formula is C10H14F2N4O. The lowest BCUT2D eigenvalue weighted by atomic mass is 10.0. The fraction of sp³-hybridized carbons (Fsp3) is 0.600. The molecule has 0 saturated heterocycles. The number of nitrogens with two attached hydrogens (primary N) is 2. The molecule has 1 unspecified atom stereocenters. The summed E-state index contributed by atoms with van der Waals surface area (Å²) in [5.41, 5.74) is 11.9. The lowest BCUT2D eigenvalue weighted by Gasteiger charge is -2.14. The van der Waals surface area contributed by atoms with Crippen LogP contribution in [0, 0.1) is 0 Å². The number of nitrogen functional groups attached to an aromatic ring is 2. The number of aromatic nitrogens is 2. The number of anilines is 2. The Morgan fingerprint density at radius 2 is 2.06 bits per heavy atom. The molecule has 0 bridgehead atoms. The van der Waals surface area contributed by atoms with Crippen molar-refractivity contribution in [2.75, 3.05) is 18.6 Å². The smallest absolute Gasteiger partial charge is 0.318 e. The van der Waals surface area contributed by atoms with Crippen LogP contribution in [0.5, 0.6) is 6.01 Å². The van der Waals surface area contributed by atoms with Gasteiger partial charge in [0.25, 0.3) is 0 Å². The Kier molecular flexibility index (Phi) is 2.76. The van der Waals surface area contributed by atoms with E-state index in [9.17, 15) is 8.78 Å². The van der Waals surface area contributed by atoms with Crippen LogP contribution in [0.15, 0.2) is 0 Å². The van der Waals surface area contributed by atoms with Gasteiger partial charge >= 0.3 is 6.01 Å². The molecule has 7 heteroatoms. The van der Waals surface area contributed by atoms with E-state index in [0.717, 1.165) is 0 Å². The first-order chi connectivity index (χ1) is 7.93. The van der Waals surface area contributed by atoms with Crippen molar-refractivity contribution in [1.82, 2.24) is 9.97 Å². The molecule has 1 atom stereocenters. The second kappa shape index (κ2) is 3.97. The minimum atomic E-state index is -2.65. The molecule has 1 aromatic heterocycles. The third-order valence-corrected chi connectivity index (χ3v) is 2.96. The Labute approximate surface area is 97.2 Å². The normalized spacial score (nSPS) is 22.6. The number of alkyl halides is 2. The van der Waals surface area contributed by atoms with Gasteiger partial charge in [0, 0.05) is 18.8 Å². The molecule has 0 aromatic carbocycles. The molecule has 0 amide bonds. The van der Waals surface area contributed by atoms with Gasteiger partial charge in [-0.1, -0.05) is 0 Å². The highest BCUT2D eigenvalue weighted by Gasteiger charge is 2.41. The fourth-order valence-electron chi connectivity index (χ4n) is 2.07. The van der Waals surface area contributed by atoms with Crippen molar-refractivity contribution in [3.63, 3.8) is 0 Å². The van der Waals surface area contributed by atoms with Crippen LogP contribution in [0.25, 0.3) is 0 Å². The molecule has 0 aliphatic heterocycles. The zero-order valence-electron chi connectivity index (χ0n) is 9.41. The number of nitrogens with zero attached hydrogens (tertiary/aromatic N) is 2. The second-order valence-corrected chi connectivity index (χ2v) is 4.19. The molecule has 17 heavy (non-hydrogen) atoms. The van der Waals surface area contributed by atoms with Crippen LogP contribution >= 0.6 is 0 Å². The quantitative estimate of drug-likeness (QED) is 0.824. The third-order valence-electron chi connectivity index (χ3n) is 2.96. The van der Waals surface area contributed by atoms with Gasteiger partial charge in [-0.25, -0.2) is 8.78 Å². The maximum Gasteiger partial charge on any atom is 0.318 e. The molecular weight excluding hydrogens is 230 g/mol. The molecule has 0 spiro atoms. The Morgan fingerprint density at radius 3 is 2.59 bits per heavy atom. The first-order valence-corrected chi connectivity index (χ1v) is 5.27. The second-order valence-electron chi connectivity index (χ2n) is 4.19. The van der Waals surface area contributed by atoms with Crippen LogP contribution in [0.3, 0.4) is 0 Å². The topological polar surface area (TPSA) is 87.0 Å². The van der Waals surface area contributed by atoms with Crippen LogP contribution in [-0.4, -0.2) is 23.0 Å². The highest BCUT2D eigenvalue weighted by molar-refractivity contribution is 5.62. The number of methoxy groups -OCH3 is 1. The molecule has 1 saturated carbocycles. The lowest BCUT2D eigenvalue weighted by molar-refractivity contribution is 0.00766. The summed E-state index contributed by atoms with van der Waals surface area (Å²) in [7, 11) is 1.39. The van der Waals surface area contributed by atoms with E-state index in [-0.39, 0.29) is 36.3 Å². The van der Waals surface area contributed by atoms with Gasteiger partial charge in [0.1, 0.15) is 0 Å². The summed E-state index contributed by atoms with van der Waals surface area (Å²) < 4.78 is 31.2. The summed E-state index contributed by atoms with van der Waals surface area (Å²) in [5.74, 6) is -2.96. The van der Waals surface area contributed by atoms with Crippen LogP contribution in [-0.2, 0) is 0 Å². The predicted octanol–water partition coefficient (Wildman–Crippen LogP) is 1.55. The summed E-state index contributed by atoms with van der Waals surface area (Å²) in [6.07, 6.45) is -0.0586. The highest BCUT2D eigenvalue weighted by Crippen LogP contribution is 2.45. The molecule has 5 nitrogen and oxygen atoms in total. The van der Waals surface area contributed by atoms with Crippen molar-refractivity contribution in [3.8, 4) is 6.01 Å². The monoisotopic (exact) mass is 244 g/mol. The first-order valence-electron chi connectivity index (χ1n) is 5.27. The summed E-state index contributed by atoms with van der Waals surface area (Å²) in [6, 6.07) is 0.0573. The van der Waals surface area contributed by atoms with E-state index >= 15 is 0 Å². The molecule has 1 heterocycles. The average molecular weight is 244 g/mol. The van der Waals surface area contributed by atoms with E-state index in [4.69, 9.17) is 16.2 Å². The number of ether oxygens (including phenoxy) is 1. The summed E-state index contributed by atoms with van der Waals surface area (Å²) in [4.78, 5) is 7.82. The number of hydrogen-bond donors (Lipinski definition) is 2.